The lowest BCUT2D eigenvalue weighted by Crippen LogP contribution is -2.26. The van der Waals surface area contributed by atoms with E-state index < -0.39 is 0 Å². The van der Waals surface area contributed by atoms with Crippen LogP contribution in [0.5, 0.6) is 5.75 Å². The van der Waals surface area contributed by atoms with Crippen molar-refractivity contribution in [3.05, 3.63) is 65.6 Å². The Labute approximate surface area is 153 Å². The van der Waals surface area contributed by atoms with Crippen LogP contribution in [0.15, 0.2) is 48.8 Å². The van der Waals surface area contributed by atoms with Crippen LogP contribution in [-0.2, 0) is 17.8 Å². The molecule has 134 valence electrons. The lowest BCUT2D eigenvalue weighted by Gasteiger charge is -2.25. The molecule has 5 nitrogen and oxygen atoms in total. The van der Waals surface area contributed by atoms with E-state index in [0.717, 1.165) is 36.4 Å². The zero-order chi connectivity index (χ0) is 17.9. The highest BCUT2D eigenvalue weighted by Crippen LogP contribution is 2.35. The maximum atomic E-state index is 12.5. The van der Waals surface area contributed by atoms with Crippen molar-refractivity contribution < 1.29 is 9.53 Å². The summed E-state index contributed by atoms with van der Waals surface area (Å²) >= 11 is 0. The molecule has 1 aliphatic carbocycles. The number of aryl methyl sites for hydroxylation is 1. The summed E-state index contributed by atoms with van der Waals surface area (Å²) in [5.74, 6) is 1.25. The van der Waals surface area contributed by atoms with Gasteiger partial charge < -0.3 is 14.5 Å². The SMILES string of the molecule is COc1ccc2c(c1)CCC[C@@H]2CC(=O)NCc1cn2ccccc2n1. The number of rotatable bonds is 5. The molecule has 4 rings (SSSR count). The maximum Gasteiger partial charge on any atom is 0.220 e. The fourth-order valence-corrected chi connectivity index (χ4v) is 3.79. The van der Waals surface area contributed by atoms with Crippen molar-refractivity contribution in [3.63, 3.8) is 0 Å². The number of amides is 1. The zero-order valence-corrected chi connectivity index (χ0v) is 14.9. The highest BCUT2D eigenvalue weighted by molar-refractivity contribution is 5.77. The third-order valence-electron chi connectivity index (χ3n) is 5.10. The number of pyridine rings is 1. The monoisotopic (exact) mass is 349 g/mol. The average molecular weight is 349 g/mol. The number of fused-ring (bicyclic) bond motifs is 2. The molecule has 0 saturated heterocycles. The fourth-order valence-electron chi connectivity index (χ4n) is 3.79. The van der Waals surface area contributed by atoms with E-state index >= 15 is 0 Å². The van der Waals surface area contributed by atoms with Gasteiger partial charge in [0.2, 0.25) is 5.91 Å². The van der Waals surface area contributed by atoms with E-state index in [-0.39, 0.29) is 11.8 Å². The number of ether oxygens (including phenoxy) is 1. The van der Waals surface area contributed by atoms with E-state index in [1.807, 2.05) is 41.1 Å². The van der Waals surface area contributed by atoms with Gasteiger partial charge in [0.25, 0.3) is 0 Å². The Hall–Kier alpha value is -2.82. The lowest BCUT2D eigenvalue weighted by molar-refractivity contribution is -0.121. The Morgan fingerprint density at radius 2 is 2.27 bits per heavy atom. The van der Waals surface area contributed by atoms with Crippen LogP contribution in [0.4, 0.5) is 0 Å². The summed E-state index contributed by atoms with van der Waals surface area (Å²) in [7, 11) is 1.69. The predicted octanol–water partition coefficient (Wildman–Crippen LogP) is 3.47. The first-order valence-corrected chi connectivity index (χ1v) is 9.09. The van der Waals surface area contributed by atoms with Crippen molar-refractivity contribution in [3.8, 4) is 5.75 Å². The second kappa shape index (κ2) is 7.20. The molecule has 0 saturated carbocycles. The number of nitrogens with zero attached hydrogens (tertiary/aromatic N) is 2. The third-order valence-corrected chi connectivity index (χ3v) is 5.10. The van der Waals surface area contributed by atoms with Gasteiger partial charge in [-0.05, 0) is 60.6 Å². The first-order valence-electron chi connectivity index (χ1n) is 9.09. The molecule has 1 N–H and O–H groups in total. The second-order valence-corrected chi connectivity index (χ2v) is 6.83. The minimum Gasteiger partial charge on any atom is -0.497 e. The normalized spacial score (nSPS) is 16.3. The number of carbonyl (C=O) groups excluding carboxylic acids is 1. The summed E-state index contributed by atoms with van der Waals surface area (Å²) in [5.41, 5.74) is 4.37. The van der Waals surface area contributed by atoms with Gasteiger partial charge in [-0.15, -0.1) is 0 Å². The van der Waals surface area contributed by atoms with Gasteiger partial charge >= 0.3 is 0 Å². The van der Waals surface area contributed by atoms with Gasteiger partial charge in [-0.2, -0.15) is 0 Å². The molecule has 1 aliphatic rings. The van der Waals surface area contributed by atoms with Crippen LogP contribution >= 0.6 is 0 Å². The lowest BCUT2D eigenvalue weighted by atomic mass is 9.81. The minimum absolute atomic E-state index is 0.0794. The molecule has 1 atom stereocenters. The number of hydrogen-bond acceptors (Lipinski definition) is 3. The summed E-state index contributed by atoms with van der Waals surface area (Å²) in [4.78, 5) is 17.0. The molecule has 2 heterocycles. The molecule has 2 aromatic heterocycles. The molecular formula is C21H23N3O2. The summed E-state index contributed by atoms with van der Waals surface area (Å²) < 4.78 is 7.29. The Morgan fingerprint density at radius 3 is 3.12 bits per heavy atom. The van der Waals surface area contributed by atoms with Crippen molar-refractivity contribution >= 4 is 11.6 Å². The molecule has 3 aromatic rings. The Morgan fingerprint density at radius 1 is 1.35 bits per heavy atom. The van der Waals surface area contributed by atoms with Gasteiger partial charge in [0, 0.05) is 18.8 Å². The first kappa shape index (κ1) is 16.6. The van der Waals surface area contributed by atoms with Gasteiger partial charge in [0.05, 0.1) is 19.3 Å². The Kier molecular flexibility index (Phi) is 4.61. The second-order valence-electron chi connectivity index (χ2n) is 6.83. The standard InChI is InChI=1S/C21H23N3O2/c1-26-18-8-9-19-15(11-18)5-4-6-16(19)12-21(25)22-13-17-14-24-10-3-2-7-20(24)23-17/h2-3,7-11,14,16H,4-6,12-13H2,1H3,(H,22,25)/t16-/m1/s1. The molecule has 0 spiro atoms. The summed E-state index contributed by atoms with van der Waals surface area (Å²) in [5, 5.41) is 3.02. The molecule has 1 amide bonds. The van der Waals surface area contributed by atoms with Gasteiger partial charge in [0.15, 0.2) is 0 Å². The molecule has 0 unspecified atom stereocenters. The number of imidazole rings is 1. The fraction of sp³-hybridized carbons (Fsp3) is 0.333. The van der Waals surface area contributed by atoms with Crippen LogP contribution in [0.2, 0.25) is 0 Å². The van der Waals surface area contributed by atoms with Gasteiger partial charge in [-0.3, -0.25) is 4.79 Å². The smallest absolute Gasteiger partial charge is 0.220 e. The quantitative estimate of drug-likeness (QED) is 0.767. The van der Waals surface area contributed by atoms with Crippen LogP contribution in [0.1, 0.15) is 42.0 Å². The first-order chi connectivity index (χ1) is 12.7. The average Bonchev–Trinajstić information content (AvgIpc) is 3.09. The van der Waals surface area contributed by atoms with E-state index in [9.17, 15) is 4.79 Å². The van der Waals surface area contributed by atoms with Crippen molar-refractivity contribution in [1.82, 2.24) is 14.7 Å². The molecule has 0 bridgehead atoms. The van der Waals surface area contributed by atoms with Crippen LogP contribution in [0.25, 0.3) is 5.65 Å². The number of methoxy groups -OCH3 is 1. The minimum atomic E-state index is 0.0794. The van der Waals surface area contributed by atoms with E-state index in [2.05, 4.69) is 22.4 Å². The molecule has 0 fully saturated rings. The molecule has 1 aromatic carbocycles. The maximum absolute atomic E-state index is 12.5. The third kappa shape index (κ3) is 3.43. The van der Waals surface area contributed by atoms with Crippen molar-refractivity contribution in [2.75, 3.05) is 7.11 Å². The molecule has 26 heavy (non-hydrogen) atoms. The topological polar surface area (TPSA) is 55.6 Å². The van der Waals surface area contributed by atoms with Crippen LogP contribution in [0, 0.1) is 0 Å². The van der Waals surface area contributed by atoms with Crippen LogP contribution in [0.3, 0.4) is 0 Å². The van der Waals surface area contributed by atoms with E-state index in [0.29, 0.717) is 13.0 Å². The number of hydrogen-bond donors (Lipinski definition) is 1. The van der Waals surface area contributed by atoms with Crippen LogP contribution in [-0.4, -0.2) is 22.4 Å². The zero-order valence-electron chi connectivity index (χ0n) is 14.9. The number of nitrogens with one attached hydrogen (secondary N) is 1. The van der Waals surface area contributed by atoms with Gasteiger partial charge in [0.1, 0.15) is 11.4 Å². The van der Waals surface area contributed by atoms with Gasteiger partial charge in [-0.1, -0.05) is 12.1 Å². The van der Waals surface area contributed by atoms with Crippen molar-refractivity contribution in [2.45, 2.75) is 38.1 Å². The molecule has 0 radical (unpaired) electrons. The Bertz CT molecular complexity index is 899. The number of aromatic nitrogens is 2. The summed E-state index contributed by atoms with van der Waals surface area (Å²) in [6.07, 6.45) is 7.67. The molecule has 5 heteroatoms. The Balaban J connectivity index is 1.39. The van der Waals surface area contributed by atoms with Crippen molar-refractivity contribution in [1.29, 1.82) is 0 Å². The van der Waals surface area contributed by atoms with Gasteiger partial charge in [-0.25, -0.2) is 4.98 Å². The number of carbonyl (C=O) groups is 1. The highest BCUT2D eigenvalue weighted by atomic mass is 16.5. The van der Waals surface area contributed by atoms with E-state index in [4.69, 9.17) is 4.74 Å². The number of benzene rings is 1. The molecular weight excluding hydrogens is 326 g/mol. The highest BCUT2D eigenvalue weighted by Gasteiger charge is 2.23. The van der Waals surface area contributed by atoms with E-state index in [1.54, 1.807) is 7.11 Å². The summed E-state index contributed by atoms with van der Waals surface area (Å²) in [6, 6.07) is 12.1. The predicted molar refractivity (Wildman–Crippen MR) is 100 cm³/mol. The molecule has 0 aliphatic heterocycles. The van der Waals surface area contributed by atoms with Crippen LogP contribution < -0.4 is 10.1 Å². The summed E-state index contributed by atoms with van der Waals surface area (Å²) in [6.45, 7) is 0.461. The van der Waals surface area contributed by atoms with E-state index in [1.165, 1.54) is 11.1 Å². The van der Waals surface area contributed by atoms with Crippen molar-refractivity contribution in [2.24, 2.45) is 0 Å². The largest absolute Gasteiger partial charge is 0.497 e.